The molecule has 1 saturated carbocycles. The van der Waals surface area contributed by atoms with Crippen LogP contribution in [-0.4, -0.2) is 97.4 Å². The highest BCUT2D eigenvalue weighted by molar-refractivity contribution is 14.0. The number of amides is 2. The fourth-order valence-corrected chi connectivity index (χ4v) is 3.07. The molecule has 1 N–H and O–H groups in total. The Hall–Kier alpha value is -1.46. The van der Waals surface area contributed by atoms with Crippen LogP contribution in [0.15, 0.2) is 4.99 Å². The molecule has 0 aromatic heterocycles. The molecule has 29 heavy (non-hydrogen) atoms. The van der Waals surface area contributed by atoms with E-state index in [1.807, 2.05) is 32.6 Å². The van der Waals surface area contributed by atoms with Crippen molar-refractivity contribution in [3.8, 4) is 0 Å². The summed E-state index contributed by atoms with van der Waals surface area (Å²) in [6.45, 7) is 11.6. The quantitative estimate of drug-likeness (QED) is 0.337. The highest BCUT2D eigenvalue weighted by Gasteiger charge is 2.35. The summed E-state index contributed by atoms with van der Waals surface area (Å²) in [7, 11) is 1.74. The maximum absolute atomic E-state index is 12.4. The standard InChI is InChI=1S/C19H35N5O4.HI/c1-6-27-17(25)23-13-11-22(12-14-23)16(20-5)21-9-10-24(15-7-8-15)18(26)28-19(2,3)4;/h15H,6-14H2,1-5H3,(H,20,21);1H. The van der Waals surface area contributed by atoms with Crippen molar-refractivity contribution in [3.05, 3.63) is 0 Å². The lowest BCUT2D eigenvalue weighted by Gasteiger charge is -2.36. The first kappa shape index (κ1) is 25.6. The average Bonchev–Trinajstić information content (AvgIpc) is 3.45. The fourth-order valence-electron chi connectivity index (χ4n) is 3.07. The number of carbonyl (C=O) groups excluding carboxylic acids is 2. The van der Waals surface area contributed by atoms with Crippen molar-refractivity contribution in [3.63, 3.8) is 0 Å². The highest BCUT2D eigenvalue weighted by atomic mass is 127. The normalized spacial score (nSPS) is 17.3. The zero-order chi connectivity index (χ0) is 20.7. The molecule has 0 bridgehead atoms. The van der Waals surface area contributed by atoms with Crippen molar-refractivity contribution in [1.82, 2.24) is 20.0 Å². The predicted octanol–water partition coefficient (Wildman–Crippen LogP) is 2.35. The predicted molar refractivity (Wildman–Crippen MR) is 123 cm³/mol. The summed E-state index contributed by atoms with van der Waals surface area (Å²) in [5.74, 6) is 0.781. The number of guanidine groups is 1. The fraction of sp³-hybridized carbons (Fsp3) is 0.842. The van der Waals surface area contributed by atoms with Crippen LogP contribution in [0.4, 0.5) is 9.59 Å². The Morgan fingerprint density at radius 2 is 1.72 bits per heavy atom. The molecule has 1 saturated heterocycles. The van der Waals surface area contributed by atoms with E-state index in [1.54, 1.807) is 11.9 Å². The van der Waals surface area contributed by atoms with Crippen LogP contribution < -0.4 is 5.32 Å². The molecule has 0 atom stereocenters. The van der Waals surface area contributed by atoms with Crippen molar-refractivity contribution >= 4 is 42.1 Å². The molecule has 0 unspecified atom stereocenters. The van der Waals surface area contributed by atoms with Crippen molar-refractivity contribution < 1.29 is 19.1 Å². The van der Waals surface area contributed by atoms with Crippen LogP contribution in [0.3, 0.4) is 0 Å². The molecule has 2 rings (SSSR count). The number of rotatable bonds is 5. The van der Waals surface area contributed by atoms with E-state index in [0.717, 1.165) is 18.8 Å². The molecule has 0 spiro atoms. The summed E-state index contributed by atoms with van der Waals surface area (Å²) in [4.78, 5) is 34.2. The van der Waals surface area contributed by atoms with Gasteiger partial charge in [-0.25, -0.2) is 9.59 Å². The topological polar surface area (TPSA) is 86.7 Å². The third kappa shape index (κ3) is 8.43. The molecule has 2 aliphatic rings. The first-order chi connectivity index (χ1) is 13.2. The van der Waals surface area contributed by atoms with Gasteiger partial charge in [0.15, 0.2) is 5.96 Å². The molecule has 168 valence electrons. The van der Waals surface area contributed by atoms with Crippen LogP contribution in [0.2, 0.25) is 0 Å². The van der Waals surface area contributed by atoms with Gasteiger partial charge in [0.2, 0.25) is 0 Å². The minimum absolute atomic E-state index is 0. The van der Waals surface area contributed by atoms with Crippen LogP contribution in [0.1, 0.15) is 40.5 Å². The van der Waals surface area contributed by atoms with E-state index in [0.29, 0.717) is 45.9 Å². The van der Waals surface area contributed by atoms with Gasteiger partial charge >= 0.3 is 12.2 Å². The van der Waals surface area contributed by atoms with E-state index in [1.165, 1.54) is 0 Å². The van der Waals surface area contributed by atoms with Gasteiger partial charge in [0.25, 0.3) is 0 Å². The third-order valence-corrected chi connectivity index (χ3v) is 4.57. The molecular formula is C19H36IN5O4. The zero-order valence-corrected chi connectivity index (χ0v) is 20.6. The first-order valence-electron chi connectivity index (χ1n) is 10.1. The Morgan fingerprint density at radius 1 is 1.14 bits per heavy atom. The van der Waals surface area contributed by atoms with E-state index in [-0.39, 0.29) is 42.2 Å². The molecule has 0 aromatic rings. The van der Waals surface area contributed by atoms with Crippen molar-refractivity contribution in [1.29, 1.82) is 0 Å². The number of hydrogen-bond donors (Lipinski definition) is 1. The molecule has 9 nitrogen and oxygen atoms in total. The molecule has 0 aromatic carbocycles. The van der Waals surface area contributed by atoms with Gasteiger partial charge in [0.1, 0.15) is 5.60 Å². The van der Waals surface area contributed by atoms with E-state index < -0.39 is 5.60 Å². The number of hydrogen-bond acceptors (Lipinski definition) is 5. The summed E-state index contributed by atoms with van der Waals surface area (Å²) in [6.07, 6.45) is 1.55. The maximum atomic E-state index is 12.4. The van der Waals surface area contributed by atoms with Crippen molar-refractivity contribution in [2.24, 2.45) is 4.99 Å². The largest absolute Gasteiger partial charge is 0.450 e. The molecule has 0 radical (unpaired) electrons. The molecule has 10 heteroatoms. The van der Waals surface area contributed by atoms with Crippen LogP contribution in [0.25, 0.3) is 0 Å². The Bertz CT molecular complexity index is 569. The Morgan fingerprint density at radius 3 is 2.21 bits per heavy atom. The molecule has 1 heterocycles. The first-order valence-corrected chi connectivity index (χ1v) is 10.1. The number of ether oxygens (including phenoxy) is 2. The summed E-state index contributed by atoms with van der Waals surface area (Å²) in [5.41, 5.74) is -0.494. The lowest BCUT2D eigenvalue weighted by atomic mass is 10.2. The second-order valence-electron chi connectivity index (χ2n) is 8.05. The van der Waals surface area contributed by atoms with E-state index in [2.05, 4.69) is 15.2 Å². The van der Waals surface area contributed by atoms with Gasteiger partial charge < -0.3 is 29.5 Å². The van der Waals surface area contributed by atoms with Gasteiger partial charge in [0, 0.05) is 52.4 Å². The van der Waals surface area contributed by atoms with E-state index in [4.69, 9.17) is 9.47 Å². The second kappa shape index (κ2) is 11.7. The number of nitrogens with one attached hydrogen (secondary N) is 1. The molecule has 1 aliphatic heterocycles. The number of nitrogens with zero attached hydrogens (tertiary/aromatic N) is 4. The highest BCUT2D eigenvalue weighted by Crippen LogP contribution is 2.28. The van der Waals surface area contributed by atoms with Gasteiger partial charge in [-0.2, -0.15) is 0 Å². The average molecular weight is 525 g/mol. The lowest BCUT2D eigenvalue weighted by molar-refractivity contribution is 0.0237. The number of halogens is 1. The minimum atomic E-state index is -0.494. The van der Waals surface area contributed by atoms with Gasteiger partial charge in [-0.1, -0.05) is 0 Å². The monoisotopic (exact) mass is 525 g/mol. The van der Waals surface area contributed by atoms with Gasteiger partial charge in [-0.15, -0.1) is 24.0 Å². The summed E-state index contributed by atoms with van der Waals surface area (Å²) in [6, 6.07) is 0.284. The Kier molecular flexibility index (Phi) is 10.3. The number of piperazine rings is 1. The lowest BCUT2D eigenvalue weighted by Crippen LogP contribution is -2.54. The summed E-state index contributed by atoms with van der Waals surface area (Å²) < 4.78 is 10.6. The van der Waals surface area contributed by atoms with Crippen LogP contribution in [0, 0.1) is 0 Å². The molecule has 2 fully saturated rings. The van der Waals surface area contributed by atoms with Crippen LogP contribution in [0.5, 0.6) is 0 Å². The van der Waals surface area contributed by atoms with Crippen molar-refractivity contribution in [2.75, 3.05) is 52.9 Å². The van der Waals surface area contributed by atoms with Crippen molar-refractivity contribution in [2.45, 2.75) is 52.2 Å². The molecular weight excluding hydrogens is 489 g/mol. The summed E-state index contributed by atoms with van der Waals surface area (Å²) in [5, 5.41) is 3.33. The second-order valence-corrected chi connectivity index (χ2v) is 8.05. The smallest absolute Gasteiger partial charge is 0.410 e. The van der Waals surface area contributed by atoms with E-state index in [9.17, 15) is 9.59 Å². The van der Waals surface area contributed by atoms with E-state index >= 15 is 0 Å². The SMILES string of the molecule is CCOC(=O)N1CCN(C(=NC)NCCN(C(=O)OC(C)(C)C)C2CC2)CC1.I. The molecule has 1 aliphatic carbocycles. The van der Waals surface area contributed by atoms with Crippen LogP contribution in [-0.2, 0) is 9.47 Å². The van der Waals surface area contributed by atoms with Crippen LogP contribution >= 0.6 is 24.0 Å². The maximum Gasteiger partial charge on any atom is 0.410 e. The Balaban J connectivity index is 0.00000420. The zero-order valence-electron chi connectivity index (χ0n) is 18.3. The Labute approximate surface area is 191 Å². The third-order valence-electron chi connectivity index (χ3n) is 4.57. The number of carbonyl (C=O) groups is 2. The summed E-state index contributed by atoms with van der Waals surface area (Å²) >= 11 is 0. The van der Waals surface area contributed by atoms with Gasteiger partial charge in [-0.3, -0.25) is 4.99 Å². The number of aliphatic imine (C=N–C) groups is 1. The van der Waals surface area contributed by atoms with Gasteiger partial charge in [0.05, 0.1) is 6.61 Å². The van der Waals surface area contributed by atoms with Gasteiger partial charge in [-0.05, 0) is 40.5 Å². The minimum Gasteiger partial charge on any atom is -0.450 e. The molecule has 2 amide bonds.